The molecule has 2 aliphatic heterocycles. The Morgan fingerprint density at radius 1 is 1.19 bits per heavy atom. The molecule has 1 atom stereocenters. The lowest BCUT2D eigenvalue weighted by Gasteiger charge is -2.24. The lowest BCUT2D eigenvalue weighted by atomic mass is 9.92. The van der Waals surface area contributed by atoms with Crippen molar-refractivity contribution < 1.29 is 4.79 Å². The number of aliphatic imine (C=N–C) groups is 1. The first-order chi connectivity index (χ1) is 14.7. The van der Waals surface area contributed by atoms with Crippen molar-refractivity contribution in [2.24, 2.45) is 10.9 Å². The zero-order valence-electron chi connectivity index (χ0n) is 20.6. The van der Waals surface area contributed by atoms with Gasteiger partial charge in [-0.25, -0.2) is 0 Å². The molecule has 0 spiro atoms. The number of allylic oxidation sites excluding steroid dienone is 1. The third-order valence-corrected chi connectivity index (χ3v) is 5.99. The van der Waals surface area contributed by atoms with Crippen molar-refractivity contribution in [2.75, 3.05) is 26.7 Å². The number of benzene rings is 1. The van der Waals surface area contributed by atoms with Gasteiger partial charge >= 0.3 is 0 Å². The molecule has 170 valence electrons. The number of nitrogens with zero attached hydrogens (tertiary/aromatic N) is 3. The maximum Gasteiger partial charge on any atom is 0.260 e. The minimum absolute atomic E-state index is 0.101. The van der Waals surface area contributed by atoms with Crippen LogP contribution in [0.25, 0.3) is 0 Å². The minimum atomic E-state index is -0.754. The predicted octanol–water partition coefficient (Wildman–Crippen LogP) is 5.81. The Balaban J connectivity index is 0.000000245. The molecular formula is C27H41N3O. The Labute approximate surface area is 189 Å². The summed E-state index contributed by atoms with van der Waals surface area (Å²) >= 11 is 0. The number of amidine groups is 1. The van der Waals surface area contributed by atoms with Gasteiger partial charge in [0.2, 0.25) is 0 Å². The fourth-order valence-corrected chi connectivity index (χ4v) is 4.01. The molecule has 1 unspecified atom stereocenters. The van der Waals surface area contributed by atoms with Gasteiger partial charge in [0.25, 0.3) is 5.91 Å². The monoisotopic (exact) mass is 423 g/mol. The van der Waals surface area contributed by atoms with Gasteiger partial charge < -0.3 is 4.90 Å². The second-order valence-electron chi connectivity index (χ2n) is 9.12. The molecule has 1 aromatic rings. The van der Waals surface area contributed by atoms with E-state index in [9.17, 15) is 4.79 Å². The molecule has 2 aliphatic rings. The molecule has 0 radical (unpaired) electrons. The largest absolute Gasteiger partial charge is 0.302 e. The number of amides is 1. The number of rotatable bonds is 6. The SMILES string of the molecule is CC/C=C\C1=C(C)CCN(C)C1.CCCN1C(=O)C(C)(c2ccccc2)N=C1C(C)C. The molecule has 4 nitrogen and oxygen atoms in total. The summed E-state index contributed by atoms with van der Waals surface area (Å²) in [4.78, 5) is 21.7. The van der Waals surface area contributed by atoms with Crippen LogP contribution in [0.2, 0.25) is 0 Å². The quantitative estimate of drug-likeness (QED) is 0.578. The highest BCUT2D eigenvalue weighted by Crippen LogP contribution is 2.34. The summed E-state index contributed by atoms with van der Waals surface area (Å²) in [5.74, 6) is 1.28. The third kappa shape index (κ3) is 6.16. The van der Waals surface area contributed by atoms with E-state index in [0.717, 1.165) is 37.3 Å². The third-order valence-electron chi connectivity index (χ3n) is 5.99. The van der Waals surface area contributed by atoms with E-state index in [4.69, 9.17) is 4.99 Å². The van der Waals surface area contributed by atoms with Crippen molar-refractivity contribution in [1.82, 2.24) is 9.80 Å². The summed E-state index contributed by atoms with van der Waals surface area (Å²) < 4.78 is 0. The number of likely N-dealkylation sites (N-methyl/N-ethyl adjacent to an activating group) is 1. The van der Waals surface area contributed by atoms with Gasteiger partial charge in [-0.1, -0.05) is 75.8 Å². The van der Waals surface area contributed by atoms with E-state index in [2.05, 4.69) is 58.7 Å². The molecule has 4 heteroatoms. The molecule has 0 bridgehead atoms. The first-order valence-corrected chi connectivity index (χ1v) is 11.8. The summed E-state index contributed by atoms with van der Waals surface area (Å²) in [5.41, 5.74) is 3.30. The van der Waals surface area contributed by atoms with E-state index in [1.165, 1.54) is 18.5 Å². The zero-order valence-corrected chi connectivity index (χ0v) is 20.6. The molecule has 0 saturated heterocycles. The second-order valence-corrected chi connectivity index (χ2v) is 9.12. The fourth-order valence-electron chi connectivity index (χ4n) is 4.01. The van der Waals surface area contributed by atoms with Gasteiger partial charge in [0.05, 0.1) is 0 Å². The molecule has 0 fully saturated rings. The van der Waals surface area contributed by atoms with Crippen molar-refractivity contribution >= 4 is 11.7 Å². The minimum Gasteiger partial charge on any atom is -0.302 e. The topological polar surface area (TPSA) is 35.9 Å². The first kappa shape index (κ1) is 25.1. The van der Waals surface area contributed by atoms with Crippen LogP contribution >= 0.6 is 0 Å². The Kier molecular flexibility index (Phi) is 9.24. The van der Waals surface area contributed by atoms with Crippen LogP contribution in [0.4, 0.5) is 0 Å². The van der Waals surface area contributed by atoms with Crippen molar-refractivity contribution in [3.8, 4) is 0 Å². The number of hydrogen-bond acceptors (Lipinski definition) is 3. The molecule has 31 heavy (non-hydrogen) atoms. The summed E-state index contributed by atoms with van der Waals surface area (Å²) in [5, 5.41) is 0. The molecule has 2 heterocycles. The molecule has 1 aromatic carbocycles. The Bertz CT molecular complexity index is 822. The van der Waals surface area contributed by atoms with E-state index in [1.807, 2.05) is 42.2 Å². The van der Waals surface area contributed by atoms with Gasteiger partial charge in [0, 0.05) is 25.6 Å². The molecule has 3 rings (SSSR count). The normalized spacial score (nSPS) is 22.3. The Morgan fingerprint density at radius 2 is 1.87 bits per heavy atom. The fraction of sp³-hybridized carbons (Fsp3) is 0.556. The summed E-state index contributed by atoms with van der Waals surface area (Å²) in [7, 11) is 2.19. The highest BCUT2D eigenvalue weighted by Gasteiger charge is 2.45. The van der Waals surface area contributed by atoms with Crippen LogP contribution in [0.5, 0.6) is 0 Å². The molecule has 0 N–H and O–H groups in total. The molecule has 0 aliphatic carbocycles. The molecular weight excluding hydrogens is 382 g/mol. The van der Waals surface area contributed by atoms with Crippen molar-refractivity contribution in [3.63, 3.8) is 0 Å². The van der Waals surface area contributed by atoms with Crippen LogP contribution in [-0.2, 0) is 10.3 Å². The average molecular weight is 424 g/mol. The van der Waals surface area contributed by atoms with Crippen LogP contribution in [0, 0.1) is 5.92 Å². The van der Waals surface area contributed by atoms with Gasteiger partial charge in [-0.15, -0.1) is 0 Å². The van der Waals surface area contributed by atoms with Crippen LogP contribution in [-0.4, -0.2) is 48.2 Å². The first-order valence-electron chi connectivity index (χ1n) is 11.8. The smallest absolute Gasteiger partial charge is 0.260 e. The van der Waals surface area contributed by atoms with Crippen LogP contribution < -0.4 is 0 Å². The maximum atomic E-state index is 12.7. The van der Waals surface area contributed by atoms with Gasteiger partial charge in [0.1, 0.15) is 5.84 Å². The zero-order chi connectivity index (χ0) is 23.0. The van der Waals surface area contributed by atoms with Crippen molar-refractivity contribution in [3.05, 3.63) is 59.2 Å². The summed E-state index contributed by atoms with van der Waals surface area (Å²) in [6, 6.07) is 9.84. The highest BCUT2D eigenvalue weighted by atomic mass is 16.2. The van der Waals surface area contributed by atoms with E-state index >= 15 is 0 Å². The Morgan fingerprint density at radius 3 is 2.45 bits per heavy atom. The van der Waals surface area contributed by atoms with Gasteiger partial charge in [-0.3, -0.25) is 14.7 Å². The second kappa shape index (κ2) is 11.4. The van der Waals surface area contributed by atoms with Crippen molar-refractivity contribution in [2.45, 2.75) is 66.3 Å². The lowest BCUT2D eigenvalue weighted by Crippen LogP contribution is -2.41. The van der Waals surface area contributed by atoms with Crippen LogP contribution in [0.3, 0.4) is 0 Å². The van der Waals surface area contributed by atoms with Crippen molar-refractivity contribution in [1.29, 1.82) is 0 Å². The Hall–Kier alpha value is -2.20. The number of hydrogen-bond donors (Lipinski definition) is 0. The average Bonchev–Trinajstić information content (AvgIpc) is 3.02. The maximum absolute atomic E-state index is 12.7. The van der Waals surface area contributed by atoms with Crippen LogP contribution in [0.15, 0.2) is 58.6 Å². The summed E-state index contributed by atoms with van der Waals surface area (Å²) in [6.07, 6.45) is 7.85. The van der Waals surface area contributed by atoms with E-state index < -0.39 is 5.54 Å². The number of carbonyl (C=O) groups is 1. The standard InChI is InChI=1S/C16H22N2O.C11H19N/c1-5-11-18-14(12(2)3)17-16(4,15(18)19)13-9-7-6-8-10-13;1-4-5-6-11-9-12(3)8-7-10(11)2/h6-10,12H,5,11H2,1-4H3;5-6H,4,7-9H2,1-3H3/b;6-5-. The molecule has 0 saturated carbocycles. The van der Waals surface area contributed by atoms with E-state index in [0.29, 0.717) is 0 Å². The van der Waals surface area contributed by atoms with Gasteiger partial charge in [0.15, 0.2) is 5.54 Å². The lowest BCUT2D eigenvalue weighted by molar-refractivity contribution is -0.131. The van der Waals surface area contributed by atoms with Crippen LogP contribution in [0.1, 0.15) is 66.4 Å². The molecule has 1 amide bonds. The highest BCUT2D eigenvalue weighted by molar-refractivity contribution is 6.09. The number of carbonyl (C=O) groups excluding carboxylic acids is 1. The van der Waals surface area contributed by atoms with Gasteiger partial charge in [-0.2, -0.15) is 0 Å². The van der Waals surface area contributed by atoms with E-state index in [1.54, 1.807) is 5.57 Å². The predicted molar refractivity (Wildman–Crippen MR) is 132 cm³/mol. The van der Waals surface area contributed by atoms with Gasteiger partial charge in [-0.05, 0) is 51.3 Å². The molecule has 0 aromatic heterocycles. The summed E-state index contributed by atoms with van der Waals surface area (Å²) in [6.45, 7) is 15.7. The van der Waals surface area contributed by atoms with E-state index in [-0.39, 0.29) is 11.8 Å².